The van der Waals surface area contributed by atoms with Gasteiger partial charge in [-0.25, -0.2) is 0 Å². The average molecular weight is 269 g/mol. The molecule has 0 amide bonds. The first-order chi connectivity index (χ1) is 9.74. The number of aryl methyl sites for hydroxylation is 2. The van der Waals surface area contributed by atoms with Crippen LogP contribution in [0.25, 0.3) is 0 Å². The molecule has 0 spiro atoms. The lowest BCUT2D eigenvalue weighted by Gasteiger charge is -2.14. The summed E-state index contributed by atoms with van der Waals surface area (Å²) < 4.78 is 0. The van der Waals surface area contributed by atoms with Crippen LogP contribution < -0.4 is 5.48 Å². The van der Waals surface area contributed by atoms with E-state index in [-0.39, 0.29) is 0 Å². The van der Waals surface area contributed by atoms with Crippen molar-refractivity contribution in [1.29, 1.82) is 0 Å². The summed E-state index contributed by atoms with van der Waals surface area (Å²) in [4.78, 5) is 5.54. The predicted octanol–water partition coefficient (Wildman–Crippen LogP) is 4.04. The van der Waals surface area contributed by atoms with Gasteiger partial charge in [-0.1, -0.05) is 60.2 Å². The van der Waals surface area contributed by atoms with Crippen molar-refractivity contribution in [1.82, 2.24) is 5.48 Å². The van der Waals surface area contributed by atoms with Crippen molar-refractivity contribution < 1.29 is 4.84 Å². The van der Waals surface area contributed by atoms with Gasteiger partial charge in [-0.3, -0.25) is 4.84 Å². The maximum absolute atomic E-state index is 5.54. The number of hydrogen-bond donors (Lipinski definition) is 1. The molecule has 0 aliphatic heterocycles. The number of hydroxylamine groups is 1. The second-order valence-corrected chi connectivity index (χ2v) is 5.32. The van der Waals surface area contributed by atoms with Gasteiger partial charge in [0.15, 0.2) is 0 Å². The van der Waals surface area contributed by atoms with Gasteiger partial charge in [-0.2, -0.15) is 5.48 Å². The van der Waals surface area contributed by atoms with Gasteiger partial charge in [-0.15, -0.1) is 0 Å². The van der Waals surface area contributed by atoms with E-state index in [1.54, 1.807) is 0 Å². The lowest BCUT2D eigenvalue weighted by Crippen LogP contribution is -2.26. The van der Waals surface area contributed by atoms with E-state index in [2.05, 4.69) is 55.7 Å². The third-order valence-electron chi connectivity index (χ3n) is 3.31. The Bertz CT molecular complexity index is 510. The molecule has 1 atom stereocenters. The molecule has 2 aromatic rings. The monoisotopic (exact) mass is 269 g/mol. The van der Waals surface area contributed by atoms with Crippen LogP contribution in [-0.2, 0) is 17.9 Å². The quantitative estimate of drug-likeness (QED) is 0.766. The second kappa shape index (κ2) is 7.83. The van der Waals surface area contributed by atoms with E-state index in [0.29, 0.717) is 12.6 Å². The van der Waals surface area contributed by atoms with Gasteiger partial charge in [0.2, 0.25) is 0 Å². The van der Waals surface area contributed by atoms with E-state index in [9.17, 15) is 0 Å². The Kier molecular flexibility index (Phi) is 5.78. The zero-order valence-electron chi connectivity index (χ0n) is 12.3. The van der Waals surface area contributed by atoms with Crippen molar-refractivity contribution >= 4 is 0 Å². The van der Waals surface area contributed by atoms with Gasteiger partial charge in [0.05, 0.1) is 6.61 Å². The summed E-state index contributed by atoms with van der Waals surface area (Å²) in [6, 6.07) is 19.2. The molecule has 0 radical (unpaired) electrons. The Morgan fingerprint density at radius 2 is 1.75 bits per heavy atom. The minimum Gasteiger partial charge on any atom is -0.297 e. The molecule has 2 aromatic carbocycles. The summed E-state index contributed by atoms with van der Waals surface area (Å²) in [5, 5.41) is 0. The van der Waals surface area contributed by atoms with E-state index >= 15 is 0 Å². The highest BCUT2D eigenvalue weighted by Gasteiger charge is 2.03. The highest BCUT2D eigenvalue weighted by Crippen LogP contribution is 2.08. The van der Waals surface area contributed by atoms with Gasteiger partial charge < -0.3 is 0 Å². The van der Waals surface area contributed by atoms with Crippen LogP contribution in [0, 0.1) is 6.92 Å². The summed E-state index contributed by atoms with van der Waals surface area (Å²) in [7, 11) is 0. The topological polar surface area (TPSA) is 21.3 Å². The molecule has 2 nitrogen and oxygen atoms in total. The van der Waals surface area contributed by atoms with E-state index in [4.69, 9.17) is 4.84 Å². The third kappa shape index (κ3) is 5.16. The lowest BCUT2D eigenvalue weighted by molar-refractivity contribution is 0.00588. The molecule has 1 unspecified atom stereocenters. The summed E-state index contributed by atoms with van der Waals surface area (Å²) in [5.41, 5.74) is 7.02. The van der Waals surface area contributed by atoms with E-state index in [1.165, 1.54) is 16.7 Å². The molecule has 0 aromatic heterocycles. The standard InChI is InChI=1S/C18H23NO/c1-15-7-6-10-17(13-15)12-11-16(2)19-20-14-18-8-4-3-5-9-18/h3-10,13,16,19H,11-12,14H2,1-2H3. The Balaban J connectivity index is 1.67. The summed E-state index contributed by atoms with van der Waals surface area (Å²) in [6.45, 7) is 4.89. The van der Waals surface area contributed by atoms with Crippen molar-refractivity contribution in [2.45, 2.75) is 39.3 Å². The van der Waals surface area contributed by atoms with E-state index in [0.717, 1.165) is 12.8 Å². The molecule has 0 fully saturated rings. The predicted molar refractivity (Wildman–Crippen MR) is 83.3 cm³/mol. The van der Waals surface area contributed by atoms with Crippen molar-refractivity contribution in [2.75, 3.05) is 0 Å². The van der Waals surface area contributed by atoms with Crippen LogP contribution in [0.3, 0.4) is 0 Å². The Hall–Kier alpha value is -1.64. The zero-order valence-corrected chi connectivity index (χ0v) is 12.3. The first kappa shape index (κ1) is 14.8. The molecule has 2 rings (SSSR count). The van der Waals surface area contributed by atoms with Crippen LogP contribution in [0.2, 0.25) is 0 Å². The number of rotatable bonds is 7. The van der Waals surface area contributed by atoms with Gasteiger partial charge in [-0.05, 0) is 37.8 Å². The molecule has 0 heterocycles. The second-order valence-electron chi connectivity index (χ2n) is 5.32. The molecule has 106 valence electrons. The number of hydrogen-bond acceptors (Lipinski definition) is 2. The van der Waals surface area contributed by atoms with Gasteiger partial charge in [0.1, 0.15) is 0 Å². The van der Waals surface area contributed by atoms with Crippen LogP contribution in [-0.4, -0.2) is 6.04 Å². The maximum Gasteiger partial charge on any atom is 0.0933 e. The van der Waals surface area contributed by atoms with Crippen LogP contribution in [0.5, 0.6) is 0 Å². The molecule has 20 heavy (non-hydrogen) atoms. The normalized spacial score (nSPS) is 12.3. The highest BCUT2D eigenvalue weighted by atomic mass is 16.6. The Morgan fingerprint density at radius 3 is 2.50 bits per heavy atom. The van der Waals surface area contributed by atoms with Crippen molar-refractivity contribution in [2.24, 2.45) is 0 Å². The molecule has 0 aliphatic rings. The first-order valence-electron chi connectivity index (χ1n) is 7.21. The zero-order chi connectivity index (χ0) is 14.2. The molecular weight excluding hydrogens is 246 g/mol. The Labute approximate surface area is 121 Å². The van der Waals surface area contributed by atoms with Crippen LogP contribution in [0.15, 0.2) is 54.6 Å². The molecule has 0 saturated heterocycles. The number of nitrogens with one attached hydrogen (secondary N) is 1. The van der Waals surface area contributed by atoms with Gasteiger partial charge >= 0.3 is 0 Å². The summed E-state index contributed by atoms with van der Waals surface area (Å²) >= 11 is 0. The fourth-order valence-electron chi connectivity index (χ4n) is 2.15. The Morgan fingerprint density at radius 1 is 1.00 bits per heavy atom. The molecule has 1 N–H and O–H groups in total. The van der Waals surface area contributed by atoms with Crippen molar-refractivity contribution in [3.63, 3.8) is 0 Å². The molecule has 0 bridgehead atoms. The van der Waals surface area contributed by atoms with Crippen molar-refractivity contribution in [3.8, 4) is 0 Å². The van der Waals surface area contributed by atoms with Gasteiger partial charge in [0, 0.05) is 6.04 Å². The summed E-state index contributed by atoms with van der Waals surface area (Å²) in [6.07, 6.45) is 2.14. The first-order valence-corrected chi connectivity index (χ1v) is 7.21. The largest absolute Gasteiger partial charge is 0.297 e. The fourth-order valence-corrected chi connectivity index (χ4v) is 2.15. The van der Waals surface area contributed by atoms with Crippen LogP contribution >= 0.6 is 0 Å². The molecule has 2 heteroatoms. The van der Waals surface area contributed by atoms with E-state index < -0.39 is 0 Å². The molecule has 0 saturated carbocycles. The third-order valence-corrected chi connectivity index (χ3v) is 3.31. The average Bonchev–Trinajstić information content (AvgIpc) is 2.46. The van der Waals surface area contributed by atoms with E-state index in [1.807, 2.05) is 18.2 Å². The lowest BCUT2D eigenvalue weighted by atomic mass is 10.0. The van der Waals surface area contributed by atoms with Crippen LogP contribution in [0.4, 0.5) is 0 Å². The molecular formula is C18H23NO. The molecule has 0 aliphatic carbocycles. The maximum atomic E-state index is 5.54. The fraction of sp³-hybridized carbons (Fsp3) is 0.333. The SMILES string of the molecule is Cc1cccc(CCC(C)NOCc2ccccc2)c1. The summed E-state index contributed by atoms with van der Waals surface area (Å²) in [5.74, 6) is 0. The van der Waals surface area contributed by atoms with Crippen molar-refractivity contribution in [3.05, 3.63) is 71.3 Å². The highest BCUT2D eigenvalue weighted by molar-refractivity contribution is 5.22. The smallest absolute Gasteiger partial charge is 0.0933 e. The minimum atomic E-state index is 0.347. The van der Waals surface area contributed by atoms with Crippen LogP contribution in [0.1, 0.15) is 30.0 Å². The van der Waals surface area contributed by atoms with Gasteiger partial charge in [0.25, 0.3) is 0 Å². The number of benzene rings is 2. The minimum absolute atomic E-state index is 0.347.